The van der Waals surface area contributed by atoms with Gasteiger partial charge in [-0.25, -0.2) is 8.42 Å². The summed E-state index contributed by atoms with van der Waals surface area (Å²) in [5, 5.41) is 4.19. The van der Waals surface area contributed by atoms with E-state index in [4.69, 9.17) is 34.8 Å². The Hall–Kier alpha value is -2.00. The van der Waals surface area contributed by atoms with E-state index in [9.17, 15) is 18.0 Å². The van der Waals surface area contributed by atoms with Crippen molar-refractivity contribution in [3.05, 3.63) is 63.1 Å². The summed E-state index contributed by atoms with van der Waals surface area (Å²) in [5.74, 6) is -0.505. The summed E-state index contributed by atoms with van der Waals surface area (Å²) in [6.07, 6.45) is 3.58. The van der Waals surface area contributed by atoms with Gasteiger partial charge in [0, 0.05) is 41.1 Å². The third-order valence-electron chi connectivity index (χ3n) is 5.82. The van der Waals surface area contributed by atoms with Gasteiger partial charge < -0.3 is 10.2 Å². The number of anilines is 1. The quantitative estimate of drug-likeness (QED) is 0.277. The lowest BCUT2D eigenvalue weighted by molar-refractivity contribution is -0.141. The average Bonchev–Trinajstić information content (AvgIpc) is 2.82. The first-order chi connectivity index (χ1) is 17.5. The zero-order valence-corrected chi connectivity index (χ0v) is 24.4. The van der Waals surface area contributed by atoms with Gasteiger partial charge in [0.25, 0.3) is 0 Å². The van der Waals surface area contributed by atoms with Crippen LogP contribution in [0.4, 0.5) is 5.69 Å². The van der Waals surface area contributed by atoms with E-state index < -0.39 is 16.1 Å². The van der Waals surface area contributed by atoms with E-state index in [0.717, 1.165) is 19.1 Å². The summed E-state index contributed by atoms with van der Waals surface area (Å²) in [6, 6.07) is 10.9. The maximum atomic E-state index is 13.5. The highest BCUT2D eigenvalue weighted by atomic mass is 35.5. The minimum absolute atomic E-state index is 0.0382. The topological polar surface area (TPSA) is 86.8 Å². The summed E-state index contributed by atoms with van der Waals surface area (Å²) in [5.41, 5.74) is 1.09. The Labute approximate surface area is 235 Å². The number of amides is 2. The van der Waals surface area contributed by atoms with Gasteiger partial charge in [0.1, 0.15) is 6.04 Å². The van der Waals surface area contributed by atoms with Crippen molar-refractivity contribution in [1.82, 2.24) is 10.2 Å². The molecule has 2 rings (SSSR count). The summed E-state index contributed by atoms with van der Waals surface area (Å²) in [4.78, 5) is 28.0. The molecule has 0 radical (unpaired) electrons. The molecule has 11 heteroatoms. The van der Waals surface area contributed by atoms with Crippen LogP contribution in [0.3, 0.4) is 0 Å². The van der Waals surface area contributed by atoms with E-state index in [0.29, 0.717) is 39.3 Å². The van der Waals surface area contributed by atoms with Gasteiger partial charge in [-0.15, -0.1) is 0 Å². The SMILES string of the molecule is CCCCNC(=O)[C@H](CC)N(Cc1ccc(Cl)cc1Cl)C(=O)CCCN(c1cccc(Cl)c1)S(C)(=O)=O. The van der Waals surface area contributed by atoms with Crippen LogP contribution in [0, 0.1) is 0 Å². The van der Waals surface area contributed by atoms with Crippen LogP contribution in [0.2, 0.25) is 15.1 Å². The fourth-order valence-corrected chi connectivity index (χ4v) is 5.50. The Morgan fingerprint density at radius 1 is 1.00 bits per heavy atom. The number of nitrogens with zero attached hydrogens (tertiary/aromatic N) is 2. The van der Waals surface area contributed by atoms with Gasteiger partial charge in [-0.2, -0.15) is 0 Å². The highest BCUT2D eigenvalue weighted by Crippen LogP contribution is 2.25. The first kappa shape index (κ1) is 31.2. The summed E-state index contributed by atoms with van der Waals surface area (Å²) in [7, 11) is -3.60. The molecular formula is C26H34Cl3N3O4S. The van der Waals surface area contributed by atoms with Crippen LogP contribution in [0.5, 0.6) is 0 Å². The van der Waals surface area contributed by atoms with Crippen molar-refractivity contribution in [1.29, 1.82) is 0 Å². The Bertz CT molecular complexity index is 1180. The molecule has 0 spiro atoms. The van der Waals surface area contributed by atoms with Crippen molar-refractivity contribution in [2.75, 3.05) is 23.7 Å². The van der Waals surface area contributed by atoms with Crippen molar-refractivity contribution in [2.24, 2.45) is 0 Å². The molecule has 204 valence electrons. The predicted octanol–water partition coefficient (Wildman–Crippen LogP) is 5.92. The van der Waals surface area contributed by atoms with Gasteiger partial charge in [0.05, 0.1) is 11.9 Å². The molecule has 2 aromatic rings. The third-order valence-corrected chi connectivity index (χ3v) is 7.84. The molecule has 0 bridgehead atoms. The predicted molar refractivity (Wildman–Crippen MR) is 152 cm³/mol. The lowest BCUT2D eigenvalue weighted by Gasteiger charge is -2.31. The fraction of sp³-hybridized carbons (Fsp3) is 0.462. The number of hydrogen-bond acceptors (Lipinski definition) is 4. The van der Waals surface area contributed by atoms with Crippen molar-refractivity contribution in [3.8, 4) is 0 Å². The minimum Gasteiger partial charge on any atom is -0.354 e. The number of hydrogen-bond donors (Lipinski definition) is 1. The van der Waals surface area contributed by atoms with Gasteiger partial charge in [-0.1, -0.05) is 67.2 Å². The van der Waals surface area contributed by atoms with Crippen molar-refractivity contribution in [3.63, 3.8) is 0 Å². The van der Waals surface area contributed by atoms with E-state index >= 15 is 0 Å². The second-order valence-electron chi connectivity index (χ2n) is 8.74. The van der Waals surface area contributed by atoms with Crippen LogP contribution < -0.4 is 9.62 Å². The zero-order chi connectivity index (χ0) is 27.6. The molecule has 2 aromatic carbocycles. The highest BCUT2D eigenvalue weighted by molar-refractivity contribution is 7.92. The van der Waals surface area contributed by atoms with E-state index in [-0.39, 0.29) is 37.7 Å². The summed E-state index contributed by atoms with van der Waals surface area (Å²) < 4.78 is 26.1. The van der Waals surface area contributed by atoms with Crippen LogP contribution >= 0.6 is 34.8 Å². The van der Waals surface area contributed by atoms with E-state index in [1.54, 1.807) is 42.5 Å². The third kappa shape index (κ3) is 9.67. The van der Waals surface area contributed by atoms with Crippen LogP contribution in [-0.2, 0) is 26.2 Å². The molecular weight excluding hydrogens is 557 g/mol. The first-order valence-electron chi connectivity index (χ1n) is 12.2. The van der Waals surface area contributed by atoms with Crippen LogP contribution in [0.1, 0.15) is 51.5 Å². The number of sulfonamides is 1. The van der Waals surface area contributed by atoms with Crippen molar-refractivity contribution < 1.29 is 18.0 Å². The number of nitrogens with one attached hydrogen (secondary N) is 1. The lowest BCUT2D eigenvalue weighted by Crippen LogP contribution is -2.49. The fourth-order valence-electron chi connectivity index (χ4n) is 3.89. The van der Waals surface area contributed by atoms with Crippen molar-refractivity contribution in [2.45, 2.75) is 58.5 Å². The maximum Gasteiger partial charge on any atom is 0.242 e. The molecule has 2 amide bonds. The minimum atomic E-state index is -3.60. The monoisotopic (exact) mass is 589 g/mol. The molecule has 0 heterocycles. The number of carbonyl (C=O) groups is 2. The maximum absolute atomic E-state index is 13.5. The molecule has 0 aliphatic heterocycles. The number of halogens is 3. The Kier molecular flexibility index (Phi) is 12.5. The number of unbranched alkanes of at least 4 members (excludes halogenated alkanes) is 1. The molecule has 0 fully saturated rings. The van der Waals surface area contributed by atoms with E-state index in [1.807, 2.05) is 13.8 Å². The Morgan fingerprint density at radius 3 is 2.30 bits per heavy atom. The standard InChI is InChI=1S/C26H34Cl3N3O4S/c1-4-6-14-30-26(34)24(5-2)31(18-19-12-13-21(28)17-23(19)29)25(33)11-8-15-32(37(3,35)36)22-10-7-9-20(27)16-22/h7,9-10,12-13,16-17,24H,4-6,8,11,14-15,18H2,1-3H3,(H,30,34)/t24-/m0/s1. The molecule has 0 unspecified atom stereocenters. The molecule has 37 heavy (non-hydrogen) atoms. The van der Waals surface area contributed by atoms with Gasteiger partial charge >= 0.3 is 0 Å². The van der Waals surface area contributed by atoms with Crippen LogP contribution in [-0.4, -0.2) is 50.5 Å². The highest BCUT2D eigenvalue weighted by Gasteiger charge is 2.29. The Balaban J connectivity index is 2.23. The smallest absolute Gasteiger partial charge is 0.242 e. The second-order valence-corrected chi connectivity index (χ2v) is 11.9. The number of carbonyl (C=O) groups excluding carboxylic acids is 2. The molecule has 0 aliphatic rings. The molecule has 1 N–H and O–H groups in total. The second kappa shape index (κ2) is 14.8. The zero-order valence-electron chi connectivity index (χ0n) is 21.3. The Morgan fingerprint density at radius 2 is 1.70 bits per heavy atom. The molecule has 0 aliphatic carbocycles. The van der Waals surface area contributed by atoms with Crippen molar-refractivity contribution >= 4 is 62.3 Å². The summed E-state index contributed by atoms with van der Waals surface area (Å²) >= 11 is 18.5. The molecule has 7 nitrogen and oxygen atoms in total. The molecule has 1 atom stereocenters. The molecule has 0 saturated heterocycles. The first-order valence-corrected chi connectivity index (χ1v) is 15.2. The van der Waals surface area contributed by atoms with Crippen LogP contribution in [0.25, 0.3) is 0 Å². The average molecular weight is 591 g/mol. The van der Waals surface area contributed by atoms with Crippen LogP contribution in [0.15, 0.2) is 42.5 Å². The normalized spacial score (nSPS) is 12.2. The number of rotatable bonds is 14. The van der Waals surface area contributed by atoms with Gasteiger partial charge in [0.2, 0.25) is 21.8 Å². The summed E-state index contributed by atoms with van der Waals surface area (Å²) in [6.45, 7) is 4.61. The molecule has 0 aromatic heterocycles. The van der Waals surface area contributed by atoms with Gasteiger partial charge in [-0.3, -0.25) is 13.9 Å². The van der Waals surface area contributed by atoms with Gasteiger partial charge in [-0.05, 0) is 55.2 Å². The van der Waals surface area contributed by atoms with E-state index in [2.05, 4.69) is 5.32 Å². The van der Waals surface area contributed by atoms with Gasteiger partial charge in [0.15, 0.2) is 0 Å². The number of benzene rings is 2. The molecule has 0 saturated carbocycles. The van der Waals surface area contributed by atoms with E-state index in [1.165, 1.54) is 9.21 Å². The largest absolute Gasteiger partial charge is 0.354 e. The lowest BCUT2D eigenvalue weighted by atomic mass is 10.1.